The highest BCUT2D eigenvalue weighted by Crippen LogP contribution is 2.37. The highest BCUT2D eigenvalue weighted by Gasteiger charge is 2.43. The summed E-state index contributed by atoms with van der Waals surface area (Å²) in [5.41, 5.74) is 0. The van der Waals surface area contributed by atoms with Gasteiger partial charge in [-0.25, -0.2) is 0 Å². The van der Waals surface area contributed by atoms with Crippen molar-refractivity contribution in [3.8, 4) is 0 Å². The third-order valence-electron chi connectivity index (χ3n) is 4.20. The molecule has 0 spiro atoms. The van der Waals surface area contributed by atoms with Crippen LogP contribution in [0, 0.1) is 11.8 Å². The molecular weight excluding hydrogens is 248 g/mol. The number of alkyl halides is 1. The first-order valence-electron chi connectivity index (χ1n) is 7.51. The Morgan fingerprint density at radius 3 is 2.28 bits per heavy atom. The zero-order valence-electron chi connectivity index (χ0n) is 11.9. The summed E-state index contributed by atoms with van der Waals surface area (Å²) in [6.07, 6.45) is 6.53. The first-order valence-corrected chi connectivity index (χ1v) is 7.94. The van der Waals surface area contributed by atoms with E-state index in [-0.39, 0.29) is 17.6 Å². The molecule has 0 aromatic rings. The Bertz CT molecular complexity index is 249. The van der Waals surface area contributed by atoms with Crippen molar-refractivity contribution >= 4 is 11.6 Å². The molecule has 2 aliphatic rings. The fourth-order valence-electron chi connectivity index (χ4n) is 3.36. The average molecular weight is 275 g/mol. The van der Waals surface area contributed by atoms with E-state index in [1.807, 2.05) is 0 Å². The van der Waals surface area contributed by atoms with Gasteiger partial charge in [-0.2, -0.15) is 0 Å². The summed E-state index contributed by atoms with van der Waals surface area (Å²) in [5.74, 6) is 1.58. The second-order valence-electron chi connectivity index (χ2n) is 6.30. The molecule has 5 atom stereocenters. The average Bonchev–Trinajstić information content (AvgIpc) is 2.27. The van der Waals surface area contributed by atoms with Gasteiger partial charge in [0.2, 0.25) is 0 Å². The molecule has 0 aromatic heterocycles. The number of ether oxygens (including phenoxy) is 2. The maximum Gasteiger partial charge on any atom is 0.100 e. The van der Waals surface area contributed by atoms with Gasteiger partial charge in [0.1, 0.15) is 6.10 Å². The van der Waals surface area contributed by atoms with Crippen LogP contribution in [0.25, 0.3) is 0 Å². The lowest BCUT2D eigenvalue weighted by Crippen LogP contribution is -2.52. The lowest BCUT2D eigenvalue weighted by molar-refractivity contribution is -0.159. The summed E-state index contributed by atoms with van der Waals surface area (Å²) in [6, 6.07) is 0. The third-order valence-corrected chi connectivity index (χ3v) is 4.62. The Balaban J connectivity index is 1.78. The van der Waals surface area contributed by atoms with Crippen molar-refractivity contribution in [2.75, 3.05) is 6.61 Å². The van der Waals surface area contributed by atoms with Gasteiger partial charge in [0.15, 0.2) is 0 Å². The molecule has 106 valence electrons. The Labute approximate surface area is 116 Å². The number of halogens is 1. The van der Waals surface area contributed by atoms with Crippen LogP contribution in [0.15, 0.2) is 0 Å². The SMILES string of the molecule is CCCOC1C(Cl)CC1OC1CC(C)CC(C)C1. The van der Waals surface area contributed by atoms with Crippen molar-refractivity contribution in [3.05, 3.63) is 0 Å². The maximum atomic E-state index is 6.24. The zero-order valence-corrected chi connectivity index (χ0v) is 12.7. The monoisotopic (exact) mass is 274 g/mol. The molecule has 2 nitrogen and oxygen atoms in total. The van der Waals surface area contributed by atoms with E-state index in [1.165, 1.54) is 19.3 Å². The van der Waals surface area contributed by atoms with Gasteiger partial charge in [-0.15, -0.1) is 11.6 Å². The minimum atomic E-state index is 0.124. The molecule has 2 aliphatic carbocycles. The summed E-state index contributed by atoms with van der Waals surface area (Å²) in [7, 11) is 0. The van der Waals surface area contributed by atoms with Crippen LogP contribution in [0.1, 0.15) is 52.9 Å². The molecule has 0 radical (unpaired) electrons. The van der Waals surface area contributed by atoms with Gasteiger partial charge in [-0.3, -0.25) is 0 Å². The standard InChI is InChI=1S/C15H27ClO2/c1-4-5-17-15-13(16)9-14(15)18-12-7-10(2)6-11(3)8-12/h10-15H,4-9H2,1-3H3. The number of hydrogen-bond donors (Lipinski definition) is 0. The van der Waals surface area contributed by atoms with Crippen molar-refractivity contribution < 1.29 is 9.47 Å². The first-order chi connectivity index (χ1) is 8.60. The van der Waals surface area contributed by atoms with E-state index < -0.39 is 0 Å². The van der Waals surface area contributed by atoms with Gasteiger partial charge in [-0.1, -0.05) is 20.8 Å². The summed E-state index contributed by atoms with van der Waals surface area (Å²) in [4.78, 5) is 0. The van der Waals surface area contributed by atoms with E-state index in [4.69, 9.17) is 21.1 Å². The van der Waals surface area contributed by atoms with Crippen LogP contribution in [0.2, 0.25) is 0 Å². The second kappa shape index (κ2) is 6.58. The Kier molecular flexibility index (Phi) is 5.35. The molecule has 2 saturated carbocycles. The Morgan fingerprint density at radius 1 is 1.06 bits per heavy atom. The molecule has 0 aliphatic heterocycles. The van der Waals surface area contributed by atoms with Crippen molar-refractivity contribution in [2.45, 2.75) is 76.6 Å². The van der Waals surface area contributed by atoms with Gasteiger partial charge in [0, 0.05) is 6.61 Å². The predicted molar refractivity (Wildman–Crippen MR) is 75.1 cm³/mol. The molecule has 0 N–H and O–H groups in total. The maximum absolute atomic E-state index is 6.24. The van der Waals surface area contributed by atoms with Crippen molar-refractivity contribution in [2.24, 2.45) is 11.8 Å². The molecule has 2 rings (SSSR count). The number of rotatable bonds is 5. The van der Waals surface area contributed by atoms with E-state index in [0.29, 0.717) is 6.10 Å². The Morgan fingerprint density at radius 2 is 1.72 bits per heavy atom. The van der Waals surface area contributed by atoms with Gasteiger partial charge >= 0.3 is 0 Å². The molecule has 3 heteroatoms. The zero-order chi connectivity index (χ0) is 13.1. The molecule has 0 saturated heterocycles. The molecule has 5 unspecified atom stereocenters. The van der Waals surface area contributed by atoms with Crippen LogP contribution in [-0.4, -0.2) is 30.3 Å². The Hall–Kier alpha value is 0.210. The van der Waals surface area contributed by atoms with E-state index in [0.717, 1.165) is 31.3 Å². The topological polar surface area (TPSA) is 18.5 Å². The van der Waals surface area contributed by atoms with Crippen molar-refractivity contribution in [1.82, 2.24) is 0 Å². The van der Waals surface area contributed by atoms with Crippen LogP contribution in [0.3, 0.4) is 0 Å². The predicted octanol–water partition coefficient (Wildman–Crippen LogP) is 4.00. The highest BCUT2D eigenvalue weighted by molar-refractivity contribution is 6.21. The van der Waals surface area contributed by atoms with Crippen LogP contribution >= 0.6 is 11.6 Å². The summed E-state index contributed by atoms with van der Waals surface area (Å²) in [5, 5.41) is 0.153. The van der Waals surface area contributed by atoms with Gasteiger partial charge in [0.25, 0.3) is 0 Å². The van der Waals surface area contributed by atoms with Crippen LogP contribution in [-0.2, 0) is 9.47 Å². The second-order valence-corrected chi connectivity index (χ2v) is 6.86. The van der Waals surface area contributed by atoms with E-state index in [1.54, 1.807) is 0 Å². The molecule has 0 bridgehead atoms. The van der Waals surface area contributed by atoms with Gasteiger partial charge in [0.05, 0.1) is 17.6 Å². The normalized spacial score (nSPS) is 44.7. The minimum Gasteiger partial charge on any atom is -0.374 e. The molecule has 0 heterocycles. The fourth-order valence-corrected chi connectivity index (χ4v) is 3.77. The molecule has 2 fully saturated rings. The van der Waals surface area contributed by atoms with E-state index in [2.05, 4.69) is 20.8 Å². The minimum absolute atomic E-state index is 0.124. The molecule has 0 amide bonds. The lowest BCUT2D eigenvalue weighted by atomic mass is 9.81. The third kappa shape index (κ3) is 3.61. The van der Waals surface area contributed by atoms with Crippen LogP contribution in [0.4, 0.5) is 0 Å². The largest absolute Gasteiger partial charge is 0.374 e. The van der Waals surface area contributed by atoms with Gasteiger partial charge < -0.3 is 9.47 Å². The molecular formula is C15H27ClO2. The summed E-state index contributed by atoms with van der Waals surface area (Å²) < 4.78 is 12.0. The quantitative estimate of drug-likeness (QED) is 0.706. The highest BCUT2D eigenvalue weighted by atomic mass is 35.5. The molecule has 18 heavy (non-hydrogen) atoms. The summed E-state index contributed by atoms with van der Waals surface area (Å²) >= 11 is 6.22. The number of hydrogen-bond acceptors (Lipinski definition) is 2. The van der Waals surface area contributed by atoms with Crippen LogP contribution in [0.5, 0.6) is 0 Å². The fraction of sp³-hybridized carbons (Fsp3) is 1.00. The first kappa shape index (κ1) is 14.6. The van der Waals surface area contributed by atoms with E-state index >= 15 is 0 Å². The smallest absolute Gasteiger partial charge is 0.100 e. The van der Waals surface area contributed by atoms with Gasteiger partial charge in [-0.05, 0) is 43.9 Å². The summed E-state index contributed by atoms with van der Waals surface area (Å²) in [6.45, 7) is 7.60. The van der Waals surface area contributed by atoms with Crippen molar-refractivity contribution in [1.29, 1.82) is 0 Å². The molecule has 0 aromatic carbocycles. The van der Waals surface area contributed by atoms with Crippen LogP contribution < -0.4 is 0 Å². The van der Waals surface area contributed by atoms with E-state index in [9.17, 15) is 0 Å². The lowest BCUT2D eigenvalue weighted by Gasteiger charge is -2.44. The van der Waals surface area contributed by atoms with Crippen molar-refractivity contribution in [3.63, 3.8) is 0 Å².